The highest BCUT2D eigenvalue weighted by atomic mass is 32.1. The van der Waals surface area contributed by atoms with Gasteiger partial charge in [0.15, 0.2) is 5.13 Å². The summed E-state index contributed by atoms with van der Waals surface area (Å²) in [5.74, 6) is 0. The molecule has 0 saturated heterocycles. The number of hydrogen-bond donors (Lipinski definition) is 1. The quantitative estimate of drug-likeness (QED) is 0.791. The first-order chi connectivity index (χ1) is 6.29. The summed E-state index contributed by atoms with van der Waals surface area (Å²) >= 11 is 1.71. The van der Waals surface area contributed by atoms with Gasteiger partial charge in [-0.05, 0) is 31.5 Å². The van der Waals surface area contributed by atoms with Gasteiger partial charge in [-0.1, -0.05) is 17.4 Å². The largest absolute Gasteiger partial charge is 0.362 e. The van der Waals surface area contributed by atoms with Gasteiger partial charge in [0, 0.05) is 6.54 Å². The van der Waals surface area contributed by atoms with E-state index >= 15 is 0 Å². The van der Waals surface area contributed by atoms with Crippen LogP contribution in [0, 0.1) is 6.92 Å². The van der Waals surface area contributed by atoms with Gasteiger partial charge in [0.05, 0.1) is 10.2 Å². The second-order valence-electron chi connectivity index (χ2n) is 3.02. The predicted molar refractivity (Wildman–Crippen MR) is 58.5 cm³/mol. The Balaban J connectivity index is 2.49. The molecule has 0 aliphatic carbocycles. The fourth-order valence-corrected chi connectivity index (χ4v) is 2.29. The molecule has 1 aromatic carbocycles. The molecule has 1 heterocycles. The maximum atomic E-state index is 4.45. The van der Waals surface area contributed by atoms with E-state index in [2.05, 4.69) is 42.3 Å². The molecule has 2 aromatic rings. The summed E-state index contributed by atoms with van der Waals surface area (Å²) in [5.41, 5.74) is 2.38. The maximum Gasteiger partial charge on any atom is 0.183 e. The summed E-state index contributed by atoms with van der Waals surface area (Å²) in [5, 5.41) is 4.24. The Morgan fingerprint density at radius 3 is 3.08 bits per heavy atom. The maximum absolute atomic E-state index is 4.45. The van der Waals surface area contributed by atoms with Gasteiger partial charge in [-0.3, -0.25) is 0 Å². The van der Waals surface area contributed by atoms with Crippen LogP contribution in [0.3, 0.4) is 0 Å². The molecule has 13 heavy (non-hydrogen) atoms. The molecule has 0 amide bonds. The molecule has 0 atom stereocenters. The average molecular weight is 192 g/mol. The fourth-order valence-electron chi connectivity index (χ4n) is 1.26. The lowest BCUT2D eigenvalue weighted by Crippen LogP contribution is -1.94. The summed E-state index contributed by atoms with van der Waals surface area (Å²) in [7, 11) is 0. The Hall–Kier alpha value is -1.09. The molecule has 1 N–H and O–H groups in total. The molecule has 0 radical (unpaired) electrons. The van der Waals surface area contributed by atoms with Crippen LogP contribution in [0.2, 0.25) is 0 Å². The Morgan fingerprint density at radius 2 is 2.31 bits per heavy atom. The van der Waals surface area contributed by atoms with Gasteiger partial charge in [-0.25, -0.2) is 4.98 Å². The fraction of sp³-hybridized carbons (Fsp3) is 0.300. The third kappa shape index (κ3) is 1.65. The van der Waals surface area contributed by atoms with Crippen LogP contribution in [0.15, 0.2) is 18.2 Å². The molecular weight excluding hydrogens is 180 g/mol. The van der Waals surface area contributed by atoms with Crippen LogP contribution >= 0.6 is 11.3 Å². The van der Waals surface area contributed by atoms with Crippen molar-refractivity contribution in [2.45, 2.75) is 13.8 Å². The van der Waals surface area contributed by atoms with Crippen molar-refractivity contribution >= 4 is 26.7 Å². The van der Waals surface area contributed by atoms with Crippen molar-refractivity contribution in [2.75, 3.05) is 11.9 Å². The van der Waals surface area contributed by atoms with E-state index in [1.807, 2.05) is 0 Å². The number of nitrogens with one attached hydrogen (secondary N) is 1. The zero-order chi connectivity index (χ0) is 9.26. The minimum absolute atomic E-state index is 0.929. The molecule has 0 unspecified atom stereocenters. The molecule has 0 aliphatic heterocycles. The van der Waals surface area contributed by atoms with Crippen molar-refractivity contribution < 1.29 is 0 Å². The minimum atomic E-state index is 0.929. The Bertz CT molecular complexity index is 420. The van der Waals surface area contributed by atoms with Crippen molar-refractivity contribution in [3.8, 4) is 0 Å². The van der Waals surface area contributed by atoms with E-state index in [1.165, 1.54) is 10.3 Å². The van der Waals surface area contributed by atoms with Crippen LogP contribution in [-0.4, -0.2) is 11.5 Å². The van der Waals surface area contributed by atoms with Crippen LogP contribution in [-0.2, 0) is 0 Å². The highest BCUT2D eigenvalue weighted by molar-refractivity contribution is 7.22. The number of anilines is 1. The third-order valence-electron chi connectivity index (χ3n) is 1.87. The minimum Gasteiger partial charge on any atom is -0.362 e. The van der Waals surface area contributed by atoms with Gasteiger partial charge in [-0.15, -0.1) is 0 Å². The molecule has 2 nitrogen and oxygen atoms in total. The van der Waals surface area contributed by atoms with E-state index in [9.17, 15) is 0 Å². The van der Waals surface area contributed by atoms with Gasteiger partial charge in [0.25, 0.3) is 0 Å². The lowest BCUT2D eigenvalue weighted by molar-refractivity contribution is 1.20. The number of thiazole rings is 1. The van der Waals surface area contributed by atoms with Crippen molar-refractivity contribution in [1.82, 2.24) is 4.98 Å². The van der Waals surface area contributed by atoms with E-state index in [4.69, 9.17) is 0 Å². The molecule has 0 aliphatic rings. The third-order valence-corrected chi connectivity index (χ3v) is 2.85. The van der Waals surface area contributed by atoms with E-state index in [1.54, 1.807) is 11.3 Å². The van der Waals surface area contributed by atoms with Crippen LogP contribution in [0.4, 0.5) is 5.13 Å². The van der Waals surface area contributed by atoms with Gasteiger partial charge < -0.3 is 5.32 Å². The number of nitrogens with zero attached hydrogens (tertiary/aromatic N) is 1. The molecule has 0 bridgehead atoms. The first-order valence-electron chi connectivity index (χ1n) is 4.40. The monoisotopic (exact) mass is 192 g/mol. The van der Waals surface area contributed by atoms with E-state index < -0.39 is 0 Å². The molecule has 2 rings (SSSR count). The van der Waals surface area contributed by atoms with Gasteiger partial charge in [0.1, 0.15) is 0 Å². The van der Waals surface area contributed by atoms with Gasteiger partial charge >= 0.3 is 0 Å². The van der Waals surface area contributed by atoms with Gasteiger partial charge in [-0.2, -0.15) is 0 Å². The smallest absolute Gasteiger partial charge is 0.183 e. The van der Waals surface area contributed by atoms with Crippen molar-refractivity contribution in [3.63, 3.8) is 0 Å². The Morgan fingerprint density at radius 1 is 1.46 bits per heavy atom. The van der Waals surface area contributed by atoms with Crippen LogP contribution < -0.4 is 5.32 Å². The van der Waals surface area contributed by atoms with E-state index in [-0.39, 0.29) is 0 Å². The summed E-state index contributed by atoms with van der Waals surface area (Å²) in [6, 6.07) is 6.34. The number of rotatable bonds is 2. The number of aromatic nitrogens is 1. The number of hydrogen-bond acceptors (Lipinski definition) is 3. The van der Waals surface area contributed by atoms with Gasteiger partial charge in [0.2, 0.25) is 0 Å². The van der Waals surface area contributed by atoms with Crippen molar-refractivity contribution in [2.24, 2.45) is 0 Å². The molecule has 0 fully saturated rings. The zero-order valence-corrected chi connectivity index (χ0v) is 8.61. The first-order valence-corrected chi connectivity index (χ1v) is 5.22. The zero-order valence-electron chi connectivity index (χ0n) is 7.79. The number of aryl methyl sites for hydroxylation is 1. The van der Waals surface area contributed by atoms with Crippen LogP contribution in [0.5, 0.6) is 0 Å². The van der Waals surface area contributed by atoms with Crippen LogP contribution in [0.25, 0.3) is 10.2 Å². The molecule has 3 heteroatoms. The van der Waals surface area contributed by atoms with Crippen molar-refractivity contribution in [1.29, 1.82) is 0 Å². The van der Waals surface area contributed by atoms with E-state index in [0.29, 0.717) is 0 Å². The summed E-state index contributed by atoms with van der Waals surface area (Å²) < 4.78 is 1.26. The normalized spacial score (nSPS) is 10.6. The number of fused-ring (bicyclic) bond motifs is 1. The standard InChI is InChI=1S/C10H12N2S/c1-3-11-10-12-8-5-4-7(2)6-9(8)13-10/h4-6H,3H2,1-2H3,(H,11,12). The lowest BCUT2D eigenvalue weighted by atomic mass is 10.2. The molecule has 0 spiro atoms. The van der Waals surface area contributed by atoms with E-state index in [0.717, 1.165) is 17.2 Å². The number of benzene rings is 1. The molecule has 0 saturated carbocycles. The van der Waals surface area contributed by atoms with Crippen molar-refractivity contribution in [3.05, 3.63) is 23.8 Å². The second kappa shape index (κ2) is 3.34. The molecule has 1 aromatic heterocycles. The highest BCUT2D eigenvalue weighted by Crippen LogP contribution is 2.26. The summed E-state index contributed by atoms with van der Waals surface area (Å²) in [6.07, 6.45) is 0. The lowest BCUT2D eigenvalue weighted by Gasteiger charge is -1.91. The highest BCUT2D eigenvalue weighted by Gasteiger charge is 2.01. The topological polar surface area (TPSA) is 24.9 Å². The Labute approximate surface area is 81.6 Å². The SMILES string of the molecule is CCNc1nc2ccc(C)cc2s1. The Kier molecular flexibility index (Phi) is 2.19. The summed E-state index contributed by atoms with van der Waals surface area (Å²) in [6.45, 7) is 5.11. The van der Waals surface area contributed by atoms with Crippen LogP contribution in [0.1, 0.15) is 12.5 Å². The summed E-state index contributed by atoms with van der Waals surface area (Å²) in [4.78, 5) is 4.45. The average Bonchev–Trinajstić information content (AvgIpc) is 2.46. The molecule has 68 valence electrons. The first kappa shape index (κ1) is 8.51. The second-order valence-corrected chi connectivity index (χ2v) is 4.05. The predicted octanol–water partition coefficient (Wildman–Crippen LogP) is 3.04. The molecular formula is C10H12N2S.